The first-order valence-electron chi connectivity index (χ1n) is 6.83. The van der Waals surface area contributed by atoms with Crippen LogP contribution in [0.25, 0.3) is 0 Å². The average Bonchev–Trinajstić information content (AvgIpc) is 2.52. The fourth-order valence-electron chi connectivity index (χ4n) is 2.03. The van der Waals surface area contributed by atoms with Gasteiger partial charge in [0.05, 0.1) is 14.2 Å². The molecule has 0 saturated heterocycles. The van der Waals surface area contributed by atoms with Gasteiger partial charge in [0.2, 0.25) is 0 Å². The minimum Gasteiger partial charge on any atom is -0.497 e. The van der Waals surface area contributed by atoms with Crippen molar-refractivity contribution >= 4 is 0 Å². The summed E-state index contributed by atoms with van der Waals surface area (Å²) in [5.74, 6) is 2.33. The zero-order chi connectivity index (χ0) is 15.2. The highest BCUT2D eigenvalue weighted by Gasteiger charge is 2.10. The lowest BCUT2D eigenvalue weighted by Gasteiger charge is -2.15. The Hall–Kier alpha value is -2.20. The molecule has 0 spiro atoms. The molecular weight excluding hydrogens is 266 g/mol. The smallest absolute Gasteiger partial charge is 0.128 e. The standard InChI is InChI=1S/C17H21NO3/c1-12(18)16-9-8-15(20-3)10-17(16)21-11-13-4-6-14(19-2)7-5-13/h4-10,12H,11,18H2,1-3H3/t12-/m0/s1. The van der Waals surface area contributed by atoms with Crippen LogP contribution in [0.4, 0.5) is 0 Å². The summed E-state index contributed by atoms with van der Waals surface area (Å²) in [4.78, 5) is 0. The van der Waals surface area contributed by atoms with Gasteiger partial charge in [0, 0.05) is 17.7 Å². The van der Waals surface area contributed by atoms with Crippen LogP contribution >= 0.6 is 0 Å². The SMILES string of the molecule is COc1ccc(COc2cc(OC)ccc2[C@H](C)N)cc1. The number of ether oxygens (including phenoxy) is 3. The number of benzene rings is 2. The van der Waals surface area contributed by atoms with Crippen LogP contribution in [0.2, 0.25) is 0 Å². The molecule has 0 aliphatic rings. The Morgan fingerprint density at radius 1 is 0.952 bits per heavy atom. The Kier molecular flexibility index (Phi) is 5.06. The van der Waals surface area contributed by atoms with E-state index in [9.17, 15) is 0 Å². The monoisotopic (exact) mass is 287 g/mol. The van der Waals surface area contributed by atoms with Gasteiger partial charge in [-0.25, -0.2) is 0 Å². The molecule has 0 aliphatic carbocycles. The molecule has 112 valence electrons. The Bertz CT molecular complexity index is 579. The zero-order valence-electron chi connectivity index (χ0n) is 12.6. The fourth-order valence-corrected chi connectivity index (χ4v) is 2.03. The Labute approximate surface area is 125 Å². The molecular formula is C17H21NO3. The Morgan fingerprint density at radius 2 is 1.57 bits per heavy atom. The van der Waals surface area contributed by atoms with Crippen molar-refractivity contribution in [2.45, 2.75) is 19.6 Å². The third kappa shape index (κ3) is 3.89. The minimum atomic E-state index is -0.0956. The molecule has 21 heavy (non-hydrogen) atoms. The minimum absolute atomic E-state index is 0.0956. The number of hydrogen-bond donors (Lipinski definition) is 1. The topological polar surface area (TPSA) is 53.7 Å². The molecule has 0 radical (unpaired) electrons. The highest BCUT2D eigenvalue weighted by molar-refractivity contribution is 5.42. The van der Waals surface area contributed by atoms with Gasteiger partial charge in [-0.2, -0.15) is 0 Å². The lowest BCUT2D eigenvalue weighted by Crippen LogP contribution is -2.08. The maximum Gasteiger partial charge on any atom is 0.128 e. The zero-order valence-corrected chi connectivity index (χ0v) is 12.6. The summed E-state index contributed by atoms with van der Waals surface area (Å²) >= 11 is 0. The maximum atomic E-state index is 5.98. The van der Waals surface area contributed by atoms with Gasteiger partial charge in [-0.1, -0.05) is 18.2 Å². The molecule has 0 bridgehead atoms. The van der Waals surface area contributed by atoms with Crippen molar-refractivity contribution in [1.29, 1.82) is 0 Å². The van der Waals surface area contributed by atoms with Crippen LogP contribution in [0.3, 0.4) is 0 Å². The molecule has 0 fully saturated rings. The van der Waals surface area contributed by atoms with Crippen molar-refractivity contribution in [1.82, 2.24) is 0 Å². The number of rotatable bonds is 6. The van der Waals surface area contributed by atoms with E-state index in [0.717, 1.165) is 28.4 Å². The second-order valence-corrected chi connectivity index (χ2v) is 4.83. The summed E-state index contributed by atoms with van der Waals surface area (Å²) in [6.45, 7) is 2.40. The summed E-state index contributed by atoms with van der Waals surface area (Å²) in [7, 11) is 3.28. The third-order valence-electron chi connectivity index (χ3n) is 3.26. The van der Waals surface area contributed by atoms with E-state index in [4.69, 9.17) is 19.9 Å². The molecule has 2 aromatic rings. The second kappa shape index (κ2) is 6.99. The maximum absolute atomic E-state index is 5.98. The molecule has 2 rings (SSSR count). The first-order valence-corrected chi connectivity index (χ1v) is 6.83. The molecule has 0 aromatic heterocycles. The summed E-state index contributed by atoms with van der Waals surface area (Å²) in [5, 5.41) is 0. The number of nitrogens with two attached hydrogens (primary N) is 1. The largest absolute Gasteiger partial charge is 0.497 e. The van der Waals surface area contributed by atoms with Crippen molar-refractivity contribution in [3.8, 4) is 17.2 Å². The average molecular weight is 287 g/mol. The predicted octanol–water partition coefficient (Wildman–Crippen LogP) is 3.30. The molecule has 0 saturated carbocycles. The van der Waals surface area contributed by atoms with Crippen LogP contribution in [0.1, 0.15) is 24.1 Å². The quantitative estimate of drug-likeness (QED) is 0.885. The van der Waals surface area contributed by atoms with Crippen molar-refractivity contribution in [3.05, 3.63) is 53.6 Å². The predicted molar refractivity (Wildman–Crippen MR) is 82.9 cm³/mol. The third-order valence-corrected chi connectivity index (χ3v) is 3.26. The number of methoxy groups -OCH3 is 2. The van der Waals surface area contributed by atoms with Crippen LogP contribution in [0.15, 0.2) is 42.5 Å². The van der Waals surface area contributed by atoms with Crippen LogP contribution in [0, 0.1) is 0 Å². The lowest BCUT2D eigenvalue weighted by molar-refractivity contribution is 0.298. The molecule has 2 N–H and O–H groups in total. The first kappa shape index (κ1) is 15.2. The van der Waals surface area contributed by atoms with Crippen molar-refractivity contribution in [2.75, 3.05) is 14.2 Å². The van der Waals surface area contributed by atoms with Gasteiger partial charge in [0.25, 0.3) is 0 Å². The van der Waals surface area contributed by atoms with E-state index in [1.54, 1.807) is 14.2 Å². The van der Waals surface area contributed by atoms with Crippen LogP contribution in [-0.4, -0.2) is 14.2 Å². The normalized spacial score (nSPS) is 11.8. The van der Waals surface area contributed by atoms with Gasteiger partial charge >= 0.3 is 0 Å². The van der Waals surface area contributed by atoms with E-state index in [-0.39, 0.29) is 6.04 Å². The van der Waals surface area contributed by atoms with Crippen LogP contribution < -0.4 is 19.9 Å². The van der Waals surface area contributed by atoms with Crippen molar-refractivity contribution < 1.29 is 14.2 Å². The molecule has 0 amide bonds. The Morgan fingerprint density at radius 3 is 2.14 bits per heavy atom. The van der Waals surface area contributed by atoms with Gasteiger partial charge in [-0.05, 0) is 30.7 Å². The molecule has 0 heterocycles. The first-order chi connectivity index (χ1) is 10.1. The van der Waals surface area contributed by atoms with E-state index in [0.29, 0.717) is 6.61 Å². The van der Waals surface area contributed by atoms with Crippen LogP contribution in [0.5, 0.6) is 17.2 Å². The van der Waals surface area contributed by atoms with Crippen molar-refractivity contribution in [3.63, 3.8) is 0 Å². The van der Waals surface area contributed by atoms with Gasteiger partial charge in [-0.3, -0.25) is 0 Å². The molecule has 0 aliphatic heterocycles. The van der Waals surface area contributed by atoms with E-state index in [1.807, 2.05) is 49.4 Å². The molecule has 1 atom stereocenters. The Balaban J connectivity index is 2.13. The van der Waals surface area contributed by atoms with E-state index in [2.05, 4.69) is 0 Å². The lowest BCUT2D eigenvalue weighted by atomic mass is 10.1. The van der Waals surface area contributed by atoms with E-state index >= 15 is 0 Å². The van der Waals surface area contributed by atoms with Gasteiger partial charge < -0.3 is 19.9 Å². The highest BCUT2D eigenvalue weighted by atomic mass is 16.5. The van der Waals surface area contributed by atoms with Gasteiger partial charge in [-0.15, -0.1) is 0 Å². The molecule has 4 nitrogen and oxygen atoms in total. The van der Waals surface area contributed by atoms with Gasteiger partial charge in [0.1, 0.15) is 23.9 Å². The molecule has 4 heteroatoms. The highest BCUT2D eigenvalue weighted by Crippen LogP contribution is 2.29. The molecule has 2 aromatic carbocycles. The second-order valence-electron chi connectivity index (χ2n) is 4.83. The number of hydrogen-bond acceptors (Lipinski definition) is 4. The van der Waals surface area contributed by atoms with E-state index in [1.165, 1.54) is 0 Å². The fraction of sp³-hybridized carbons (Fsp3) is 0.294. The summed E-state index contributed by atoms with van der Waals surface area (Å²) in [6.07, 6.45) is 0. The summed E-state index contributed by atoms with van der Waals surface area (Å²) in [5.41, 5.74) is 8.00. The van der Waals surface area contributed by atoms with Crippen LogP contribution in [-0.2, 0) is 6.61 Å². The van der Waals surface area contributed by atoms with Gasteiger partial charge in [0.15, 0.2) is 0 Å². The van der Waals surface area contributed by atoms with Crippen molar-refractivity contribution in [2.24, 2.45) is 5.73 Å². The van der Waals surface area contributed by atoms with E-state index < -0.39 is 0 Å². The molecule has 0 unspecified atom stereocenters. The summed E-state index contributed by atoms with van der Waals surface area (Å²) < 4.78 is 16.3. The summed E-state index contributed by atoms with van der Waals surface area (Å²) in [6, 6.07) is 13.4.